The summed E-state index contributed by atoms with van der Waals surface area (Å²) < 4.78 is 4.47. The molecule has 12 heavy (non-hydrogen) atoms. The molecule has 60 valence electrons. The molecule has 4 nitrogen and oxygen atoms in total. The van der Waals surface area contributed by atoms with Gasteiger partial charge in [0.05, 0.1) is 0 Å². The minimum atomic E-state index is -1.82. The van der Waals surface area contributed by atoms with Crippen LogP contribution in [0.15, 0.2) is 24.3 Å². The predicted molar refractivity (Wildman–Crippen MR) is 40.0 cm³/mol. The topological polar surface area (TPSA) is 69.9 Å². The molecule has 0 saturated heterocycles. The fraction of sp³-hybridized carbons (Fsp3) is 0. The zero-order valence-electron chi connectivity index (χ0n) is 7.64. The van der Waals surface area contributed by atoms with Crippen molar-refractivity contribution in [3.8, 4) is 11.5 Å². The van der Waals surface area contributed by atoms with Gasteiger partial charge in [-0.2, -0.15) is 0 Å². The minimum absolute atomic E-state index is 0. The van der Waals surface area contributed by atoms with Gasteiger partial charge in [-0.15, -0.1) is 0 Å². The van der Waals surface area contributed by atoms with Crippen LogP contribution in [0, 0.1) is 0 Å². The molecule has 0 radical (unpaired) electrons. The van der Waals surface area contributed by atoms with E-state index in [1.54, 1.807) is 0 Å². The van der Waals surface area contributed by atoms with Gasteiger partial charge < -0.3 is 21.2 Å². The molecule has 0 heterocycles. The van der Waals surface area contributed by atoms with Crippen LogP contribution in [-0.4, -0.2) is 22.5 Å². The summed E-state index contributed by atoms with van der Waals surface area (Å²) in [5, 5.41) is 25.5. The number of aromatic hydroxyl groups is 1. The number of benzene rings is 1. The summed E-state index contributed by atoms with van der Waals surface area (Å²) in [6, 6.07) is 5.62. The number of hydrogen-bond acceptors (Lipinski definition) is 4. The average Bonchev–Trinajstić information content (AvgIpc) is 1.93. The summed E-state index contributed by atoms with van der Waals surface area (Å²) in [7, 11) is -1.82. The molecule has 3 N–H and O–H groups in total. The van der Waals surface area contributed by atoms with Crippen LogP contribution in [0.3, 0.4) is 0 Å². The first kappa shape index (κ1) is 12.4. The fourth-order valence-electron chi connectivity index (χ4n) is 0.646. The van der Waals surface area contributed by atoms with Crippen LogP contribution in [-0.2, 0) is 0 Å². The van der Waals surface area contributed by atoms with E-state index >= 15 is 0 Å². The van der Waals surface area contributed by atoms with Gasteiger partial charge in [-0.1, -0.05) is 0 Å². The van der Waals surface area contributed by atoms with Crippen molar-refractivity contribution in [3.05, 3.63) is 24.3 Å². The fourth-order valence-corrected chi connectivity index (χ4v) is 0.646. The van der Waals surface area contributed by atoms with Gasteiger partial charge in [0.1, 0.15) is 11.5 Å². The largest absolute Gasteiger partial charge is 1.00 e. The standard InChI is InChI=1S/C6H7BO4.K.H/c8-5-1-3-6(4-2-5)11-7(9)10;;/h1-4,8-10H;;/q;+1;-1. The van der Waals surface area contributed by atoms with Crippen molar-refractivity contribution in [3.63, 3.8) is 0 Å². The third-order valence-electron chi connectivity index (χ3n) is 1.08. The van der Waals surface area contributed by atoms with Crippen LogP contribution >= 0.6 is 0 Å². The van der Waals surface area contributed by atoms with E-state index in [2.05, 4.69) is 4.65 Å². The Balaban J connectivity index is 0. The second-order valence-corrected chi connectivity index (χ2v) is 1.94. The van der Waals surface area contributed by atoms with Crippen LogP contribution in [0.4, 0.5) is 0 Å². The number of hydrogen-bond donors (Lipinski definition) is 3. The first-order valence-corrected chi connectivity index (χ1v) is 3.00. The van der Waals surface area contributed by atoms with E-state index in [0.717, 1.165) is 0 Å². The van der Waals surface area contributed by atoms with Gasteiger partial charge in [-0.05, 0) is 24.3 Å². The molecule has 0 fully saturated rings. The van der Waals surface area contributed by atoms with Crippen molar-refractivity contribution in [2.24, 2.45) is 0 Å². The SMILES string of the molecule is OB(O)Oc1ccc(O)cc1.[H-].[K+]. The summed E-state index contributed by atoms with van der Waals surface area (Å²) in [4.78, 5) is 0. The van der Waals surface area contributed by atoms with Crippen molar-refractivity contribution in [2.45, 2.75) is 0 Å². The molecule has 0 bridgehead atoms. The van der Waals surface area contributed by atoms with Crippen LogP contribution in [0.25, 0.3) is 0 Å². The second-order valence-electron chi connectivity index (χ2n) is 1.94. The first-order valence-electron chi connectivity index (χ1n) is 3.00. The summed E-state index contributed by atoms with van der Waals surface area (Å²) in [5.74, 6) is 0.391. The van der Waals surface area contributed by atoms with Crippen molar-refractivity contribution in [1.29, 1.82) is 0 Å². The molecule has 0 amide bonds. The smallest absolute Gasteiger partial charge is 1.00 e. The third-order valence-corrected chi connectivity index (χ3v) is 1.08. The van der Waals surface area contributed by atoms with Crippen molar-refractivity contribution in [2.75, 3.05) is 0 Å². The molecule has 6 heteroatoms. The van der Waals surface area contributed by atoms with E-state index in [0.29, 0.717) is 0 Å². The van der Waals surface area contributed by atoms with E-state index in [1.807, 2.05) is 0 Å². The molecule has 1 aromatic carbocycles. The van der Waals surface area contributed by atoms with Crippen LogP contribution in [0.2, 0.25) is 0 Å². The summed E-state index contributed by atoms with van der Waals surface area (Å²) in [6.45, 7) is 0. The molecule has 0 aliphatic carbocycles. The van der Waals surface area contributed by atoms with Gasteiger partial charge in [0, 0.05) is 0 Å². The predicted octanol–water partition coefficient (Wildman–Crippen LogP) is -3.14. The van der Waals surface area contributed by atoms with Crippen molar-refractivity contribution in [1.82, 2.24) is 0 Å². The van der Waals surface area contributed by atoms with E-state index in [9.17, 15) is 0 Å². The third kappa shape index (κ3) is 4.46. The average molecular weight is 194 g/mol. The van der Waals surface area contributed by atoms with Crippen LogP contribution < -0.4 is 56.0 Å². The van der Waals surface area contributed by atoms with Gasteiger partial charge in [0.25, 0.3) is 0 Å². The molecule has 0 spiro atoms. The normalized spacial score (nSPS) is 8.50. The van der Waals surface area contributed by atoms with E-state index in [4.69, 9.17) is 15.2 Å². The molecular weight excluding hydrogens is 186 g/mol. The zero-order chi connectivity index (χ0) is 8.27. The molecule has 0 aliphatic heterocycles. The monoisotopic (exact) mass is 194 g/mol. The van der Waals surface area contributed by atoms with E-state index in [-0.39, 0.29) is 64.3 Å². The van der Waals surface area contributed by atoms with Crippen molar-refractivity contribution < 1.29 is 72.6 Å². The minimum Gasteiger partial charge on any atom is -1.00 e. The number of phenols is 1. The Bertz CT molecular complexity index is 231. The van der Waals surface area contributed by atoms with Gasteiger partial charge >= 0.3 is 58.7 Å². The van der Waals surface area contributed by atoms with Crippen LogP contribution in [0.5, 0.6) is 11.5 Å². The van der Waals surface area contributed by atoms with Crippen LogP contribution in [0.1, 0.15) is 1.43 Å². The number of rotatable bonds is 2. The molecular formula is C6H8BKO4. The summed E-state index contributed by atoms with van der Waals surface area (Å²) >= 11 is 0. The van der Waals surface area contributed by atoms with Crippen molar-refractivity contribution >= 4 is 7.32 Å². The Morgan fingerprint density at radius 1 is 1.17 bits per heavy atom. The van der Waals surface area contributed by atoms with Gasteiger partial charge in [0.2, 0.25) is 0 Å². The molecule has 1 rings (SSSR count). The maximum atomic E-state index is 8.81. The maximum Gasteiger partial charge on any atom is 1.00 e. The van der Waals surface area contributed by atoms with E-state index < -0.39 is 7.32 Å². The quantitative estimate of drug-likeness (QED) is 0.435. The molecule has 0 aliphatic rings. The Kier molecular flexibility index (Phi) is 6.20. The molecule has 0 saturated carbocycles. The second kappa shape index (κ2) is 5.98. The molecule has 0 atom stereocenters. The maximum absolute atomic E-state index is 8.81. The molecule has 0 aromatic heterocycles. The first-order chi connectivity index (χ1) is 5.18. The Morgan fingerprint density at radius 3 is 2.08 bits per heavy atom. The van der Waals surface area contributed by atoms with E-state index in [1.165, 1.54) is 24.3 Å². The molecule has 1 aromatic rings. The van der Waals surface area contributed by atoms with Gasteiger partial charge in [0.15, 0.2) is 0 Å². The molecule has 0 unspecified atom stereocenters. The summed E-state index contributed by atoms with van der Waals surface area (Å²) in [5.41, 5.74) is 0. The summed E-state index contributed by atoms with van der Waals surface area (Å²) in [6.07, 6.45) is 0. The Labute approximate surface area is 114 Å². The van der Waals surface area contributed by atoms with Gasteiger partial charge in [-0.3, -0.25) is 0 Å². The Morgan fingerprint density at radius 2 is 1.67 bits per heavy atom. The number of phenolic OH excluding ortho intramolecular Hbond substituents is 1. The Hall–Kier alpha value is 0.441. The zero-order valence-corrected chi connectivity index (χ0v) is 9.76. The van der Waals surface area contributed by atoms with Gasteiger partial charge in [-0.25, -0.2) is 0 Å².